The first-order valence-electron chi connectivity index (χ1n) is 5.49. The fourth-order valence-corrected chi connectivity index (χ4v) is 1.83. The maximum atomic E-state index is 13.4. The first kappa shape index (κ1) is 13.4. The molecule has 0 aliphatic rings. The van der Waals surface area contributed by atoms with Crippen LogP contribution in [0.2, 0.25) is 5.02 Å². The van der Waals surface area contributed by atoms with Crippen LogP contribution in [0.4, 0.5) is 10.1 Å². The van der Waals surface area contributed by atoms with Gasteiger partial charge in [-0.15, -0.1) is 0 Å². The van der Waals surface area contributed by atoms with Gasteiger partial charge in [-0.05, 0) is 31.2 Å². The summed E-state index contributed by atoms with van der Waals surface area (Å²) in [4.78, 5) is 10.8. The number of hydrogen-bond acceptors (Lipinski definition) is 3. The van der Waals surface area contributed by atoms with E-state index in [-0.39, 0.29) is 18.0 Å². The van der Waals surface area contributed by atoms with Crippen molar-refractivity contribution < 1.29 is 18.7 Å². The van der Waals surface area contributed by atoms with Gasteiger partial charge in [0.1, 0.15) is 11.6 Å². The number of benzene rings is 1. The molecular formula is C13H11ClFNO3. The van der Waals surface area contributed by atoms with Crippen molar-refractivity contribution in [2.75, 3.05) is 5.32 Å². The molecule has 2 rings (SSSR count). The Morgan fingerprint density at radius 1 is 1.47 bits per heavy atom. The first-order chi connectivity index (χ1) is 8.97. The number of carboxylic acids is 1. The predicted octanol–water partition coefficient (Wildman–Crippen LogP) is 3.69. The Balaban J connectivity index is 2.12. The molecule has 2 N–H and O–H groups in total. The number of carbonyl (C=O) groups is 1. The molecule has 0 aliphatic heterocycles. The van der Waals surface area contributed by atoms with E-state index in [1.807, 2.05) is 0 Å². The van der Waals surface area contributed by atoms with Gasteiger partial charge in [-0.3, -0.25) is 0 Å². The monoisotopic (exact) mass is 283 g/mol. The number of aromatic carboxylic acids is 1. The van der Waals surface area contributed by atoms with Crippen LogP contribution in [0.5, 0.6) is 0 Å². The Hall–Kier alpha value is -2.01. The van der Waals surface area contributed by atoms with E-state index in [1.165, 1.54) is 18.2 Å². The molecular weight excluding hydrogens is 273 g/mol. The zero-order valence-corrected chi connectivity index (χ0v) is 10.8. The molecule has 2 aromatic rings. The fraction of sp³-hybridized carbons (Fsp3) is 0.154. The lowest BCUT2D eigenvalue weighted by atomic mass is 10.2. The second kappa shape index (κ2) is 5.32. The standard InChI is InChI=1S/C13H11ClFNO3/c1-7-4-9(19-12(7)13(17)18)6-16-11-5-8(14)2-3-10(11)15/h2-5,16H,6H2,1H3,(H,17,18). The van der Waals surface area contributed by atoms with E-state index >= 15 is 0 Å². The number of nitrogens with one attached hydrogen (secondary N) is 1. The highest BCUT2D eigenvalue weighted by atomic mass is 35.5. The zero-order chi connectivity index (χ0) is 14.0. The summed E-state index contributed by atoms with van der Waals surface area (Å²) in [6.45, 7) is 1.81. The van der Waals surface area contributed by atoms with Crippen LogP contribution in [-0.2, 0) is 6.54 Å². The highest BCUT2D eigenvalue weighted by Crippen LogP contribution is 2.21. The van der Waals surface area contributed by atoms with Gasteiger partial charge in [0, 0.05) is 10.6 Å². The Kier molecular flexibility index (Phi) is 3.76. The molecule has 100 valence electrons. The second-order valence-corrected chi connectivity index (χ2v) is 4.44. The fourth-order valence-electron chi connectivity index (χ4n) is 1.66. The minimum absolute atomic E-state index is 0.108. The normalized spacial score (nSPS) is 10.5. The summed E-state index contributed by atoms with van der Waals surface area (Å²) < 4.78 is 18.6. The van der Waals surface area contributed by atoms with Gasteiger partial charge in [0.2, 0.25) is 5.76 Å². The average molecular weight is 284 g/mol. The molecule has 0 unspecified atom stereocenters. The van der Waals surface area contributed by atoms with Crippen molar-refractivity contribution in [3.05, 3.63) is 52.2 Å². The van der Waals surface area contributed by atoms with E-state index in [9.17, 15) is 9.18 Å². The molecule has 0 saturated carbocycles. The summed E-state index contributed by atoms with van der Waals surface area (Å²) in [6.07, 6.45) is 0. The van der Waals surface area contributed by atoms with Crippen molar-refractivity contribution in [3.63, 3.8) is 0 Å². The summed E-state index contributed by atoms with van der Waals surface area (Å²) in [6, 6.07) is 5.74. The van der Waals surface area contributed by atoms with Crippen molar-refractivity contribution in [3.8, 4) is 0 Å². The van der Waals surface area contributed by atoms with Crippen LogP contribution < -0.4 is 5.32 Å². The first-order valence-corrected chi connectivity index (χ1v) is 5.86. The van der Waals surface area contributed by atoms with E-state index in [4.69, 9.17) is 21.1 Å². The van der Waals surface area contributed by atoms with Gasteiger partial charge in [-0.25, -0.2) is 9.18 Å². The lowest BCUT2D eigenvalue weighted by Crippen LogP contribution is -2.00. The highest BCUT2D eigenvalue weighted by Gasteiger charge is 2.14. The maximum absolute atomic E-state index is 13.4. The summed E-state index contributed by atoms with van der Waals surface area (Å²) in [5.41, 5.74) is 0.759. The minimum atomic E-state index is -1.13. The van der Waals surface area contributed by atoms with Crippen LogP contribution in [0.1, 0.15) is 21.9 Å². The van der Waals surface area contributed by atoms with Crippen molar-refractivity contribution in [2.24, 2.45) is 0 Å². The molecule has 19 heavy (non-hydrogen) atoms. The summed E-state index contributed by atoms with van der Waals surface area (Å²) in [5, 5.41) is 12.1. The Labute approximate surface area is 113 Å². The molecule has 1 aromatic carbocycles. The summed E-state index contributed by atoms with van der Waals surface area (Å²) >= 11 is 5.76. The average Bonchev–Trinajstić information content (AvgIpc) is 2.72. The van der Waals surface area contributed by atoms with Gasteiger partial charge in [0.15, 0.2) is 0 Å². The summed E-state index contributed by atoms with van der Waals surface area (Å²) in [5.74, 6) is -1.26. The number of hydrogen-bond donors (Lipinski definition) is 2. The van der Waals surface area contributed by atoms with Gasteiger partial charge >= 0.3 is 5.97 Å². The van der Waals surface area contributed by atoms with Crippen molar-refractivity contribution >= 4 is 23.3 Å². The molecule has 6 heteroatoms. The van der Waals surface area contributed by atoms with E-state index in [2.05, 4.69) is 5.32 Å². The number of rotatable bonds is 4. The molecule has 0 amide bonds. The molecule has 0 spiro atoms. The zero-order valence-electron chi connectivity index (χ0n) is 10.0. The summed E-state index contributed by atoms with van der Waals surface area (Å²) in [7, 11) is 0. The van der Waals surface area contributed by atoms with Gasteiger partial charge in [-0.1, -0.05) is 11.6 Å². The number of anilines is 1. The quantitative estimate of drug-likeness (QED) is 0.898. The van der Waals surface area contributed by atoms with Gasteiger partial charge < -0.3 is 14.8 Å². The van der Waals surface area contributed by atoms with Gasteiger partial charge in [0.25, 0.3) is 0 Å². The maximum Gasteiger partial charge on any atom is 0.372 e. The number of furan rings is 1. The van der Waals surface area contributed by atoms with Crippen molar-refractivity contribution in [1.29, 1.82) is 0 Å². The predicted molar refractivity (Wildman–Crippen MR) is 69.1 cm³/mol. The van der Waals surface area contributed by atoms with Crippen molar-refractivity contribution in [1.82, 2.24) is 0 Å². The van der Waals surface area contributed by atoms with E-state index in [0.717, 1.165) is 0 Å². The second-order valence-electron chi connectivity index (χ2n) is 4.01. The van der Waals surface area contributed by atoms with Crippen LogP contribution in [0.25, 0.3) is 0 Å². The number of halogens is 2. The molecule has 1 aromatic heterocycles. The lowest BCUT2D eigenvalue weighted by Gasteiger charge is -2.06. The smallest absolute Gasteiger partial charge is 0.372 e. The van der Waals surface area contributed by atoms with Crippen molar-refractivity contribution in [2.45, 2.75) is 13.5 Å². The minimum Gasteiger partial charge on any atom is -0.475 e. The lowest BCUT2D eigenvalue weighted by molar-refractivity contribution is 0.0659. The SMILES string of the molecule is Cc1cc(CNc2cc(Cl)ccc2F)oc1C(=O)O. The third-order valence-electron chi connectivity index (χ3n) is 2.54. The number of carboxylic acid groups (broad SMARTS) is 1. The molecule has 0 bridgehead atoms. The van der Waals surface area contributed by atoms with Gasteiger partial charge in [0.05, 0.1) is 12.2 Å². The number of aryl methyl sites for hydroxylation is 1. The van der Waals surface area contributed by atoms with Crippen LogP contribution in [0, 0.1) is 12.7 Å². The van der Waals surface area contributed by atoms with Gasteiger partial charge in [-0.2, -0.15) is 0 Å². The molecule has 0 atom stereocenters. The molecule has 0 saturated heterocycles. The van der Waals surface area contributed by atoms with E-state index in [0.29, 0.717) is 16.3 Å². The highest BCUT2D eigenvalue weighted by molar-refractivity contribution is 6.30. The van der Waals surface area contributed by atoms with Crippen LogP contribution in [0.3, 0.4) is 0 Å². The third kappa shape index (κ3) is 3.06. The Morgan fingerprint density at radius 3 is 2.84 bits per heavy atom. The molecule has 4 nitrogen and oxygen atoms in total. The van der Waals surface area contributed by atoms with Crippen LogP contribution >= 0.6 is 11.6 Å². The largest absolute Gasteiger partial charge is 0.475 e. The third-order valence-corrected chi connectivity index (χ3v) is 2.78. The van der Waals surface area contributed by atoms with Crippen LogP contribution in [0.15, 0.2) is 28.7 Å². The molecule has 0 radical (unpaired) electrons. The van der Waals surface area contributed by atoms with E-state index in [1.54, 1.807) is 13.0 Å². The molecule has 0 aliphatic carbocycles. The molecule has 1 heterocycles. The topological polar surface area (TPSA) is 62.5 Å². The van der Waals surface area contributed by atoms with E-state index < -0.39 is 11.8 Å². The Bertz CT molecular complexity index is 624. The van der Waals surface area contributed by atoms with Crippen LogP contribution in [-0.4, -0.2) is 11.1 Å². The molecule has 0 fully saturated rings. The Morgan fingerprint density at radius 2 is 2.21 bits per heavy atom.